The Morgan fingerprint density at radius 1 is 1.02 bits per heavy atom. The summed E-state index contributed by atoms with van der Waals surface area (Å²) in [6.45, 7) is 3.83. The monoisotopic (exact) mass is 537 g/mol. The quantitative estimate of drug-likeness (QED) is 0.374. The third-order valence-corrected chi connectivity index (χ3v) is 9.00. The second-order valence-electron chi connectivity index (χ2n) is 11.1. The lowest BCUT2D eigenvalue weighted by Crippen LogP contribution is -2.46. The first-order chi connectivity index (χ1) is 19.7. The summed E-state index contributed by atoms with van der Waals surface area (Å²) in [6.07, 6.45) is 18.8. The molecule has 2 N–H and O–H groups in total. The zero-order chi connectivity index (χ0) is 26.9. The van der Waals surface area contributed by atoms with Crippen LogP contribution in [0.4, 0.5) is 5.82 Å². The van der Waals surface area contributed by atoms with Gasteiger partial charge in [0.25, 0.3) is 0 Å². The Kier molecular flexibility index (Phi) is 6.69. The van der Waals surface area contributed by atoms with E-state index in [0.29, 0.717) is 12.1 Å². The van der Waals surface area contributed by atoms with Crippen LogP contribution in [0.25, 0.3) is 17.1 Å². The highest BCUT2D eigenvalue weighted by Crippen LogP contribution is 2.46. The average Bonchev–Trinajstić information content (AvgIpc) is 3.41. The predicted molar refractivity (Wildman–Crippen MR) is 154 cm³/mol. The van der Waals surface area contributed by atoms with Crippen molar-refractivity contribution in [2.75, 3.05) is 38.7 Å². The zero-order valence-electron chi connectivity index (χ0n) is 22.8. The van der Waals surface area contributed by atoms with Crippen molar-refractivity contribution in [2.24, 2.45) is 0 Å². The second-order valence-corrected chi connectivity index (χ2v) is 11.1. The summed E-state index contributed by atoms with van der Waals surface area (Å²) in [4.78, 5) is 24.2. The molecule has 1 saturated heterocycles. The number of rotatable bonds is 6. The van der Waals surface area contributed by atoms with E-state index < -0.39 is 5.41 Å². The van der Waals surface area contributed by atoms with Crippen LogP contribution >= 0.6 is 0 Å². The molecule has 0 spiro atoms. The SMILES string of the molecule is COc1cnccc1C1(c2ccncc2)C=Cc2[nH]c3ncnc(N[C@H]4CC[C@H](N5CCOCC5)CC4)c3c2C1. The Balaban J connectivity index is 1.22. The standard InChI is InChI=1S/C31H35N7O2/c1-39-27-19-33-13-9-25(27)31(21-7-11-32-12-8-21)10-6-26-24(18-31)28-29(34-20-35-30(28)37-26)36-22-2-4-23(5-3-22)38-14-16-40-17-15-38/h6-13,19-20,22-23H,2-5,14-18H2,1H3,(H2,34,35,36,37)/t22-,23-,31?. The fourth-order valence-corrected chi connectivity index (χ4v) is 6.92. The second kappa shape index (κ2) is 10.6. The number of aromatic amines is 1. The molecule has 1 aliphatic heterocycles. The van der Waals surface area contributed by atoms with E-state index in [4.69, 9.17) is 14.5 Å². The number of morpholine rings is 1. The molecule has 2 aliphatic carbocycles. The maximum atomic E-state index is 5.81. The van der Waals surface area contributed by atoms with Gasteiger partial charge in [-0.1, -0.05) is 6.08 Å². The van der Waals surface area contributed by atoms with Gasteiger partial charge in [-0.2, -0.15) is 0 Å². The lowest BCUT2D eigenvalue weighted by molar-refractivity contribution is 0.00791. The smallest absolute Gasteiger partial charge is 0.143 e. The number of hydrogen-bond donors (Lipinski definition) is 2. The molecule has 1 saturated carbocycles. The molecule has 0 amide bonds. The number of pyridine rings is 2. The fraction of sp³-hybridized carbons (Fsp3) is 0.419. The van der Waals surface area contributed by atoms with Gasteiger partial charge in [-0.15, -0.1) is 0 Å². The van der Waals surface area contributed by atoms with Crippen molar-refractivity contribution in [1.82, 2.24) is 29.8 Å². The van der Waals surface area contributed by atoms with Crippen LogP contribution in [0.3, 0.4) is 0 Å². The third kappa shape index (κ3) is 4.43. The van der Waals surface area contributed by atoms with Gasteiger partial charge in [-0.3, -0.25) is 14.9 Å². The highest BCUT2D eigenvalue weighted by molar-refractivity contribution is 5.94. The van der Waals surface area contributed by atoms with E-state index >= 15 is 0 Å². The molecule has 7 rings (SSSR count). The molecular weight excluding hydrogens is 502 g/mol. The molecule has 4 aromatic heterocycles. The number of aromatic nitrogens is 5. The summed E-state index contributed by atoms with van der Waals surface area (Å²) >= 11 is 0. The Bertz CT molecular complexity index is 1510. The molecule has 0 radical (unpaired) electrons. The van der Waals surface area contributed by atoms with Gasteiger partial charge in [0.15, 0.2) is 0 Å². The van der Waals surface area contributed by atoms with Crippen LogP contribution in [0, 0.1) is 0 Å². The maximum absolute atomic E-state index is 5.81. The maximum Gasteiger partial charge on any atom is 0.143 e. The topological polar surface area (TPSA) is 101 Å². The van der Waals surface area contributed by atoms with E-state index in [9.17, 15) is 0 Å². The van der Waals surface area contributed by atoms with Gasteiger partial charge in [-0.25, -0.2) is 9.97 Å². The Morgan fingerprint density at radius 3 is 2.62 bits per heavy atom. The molecular formula is C31H35N7O2. The fourth-order valence-electron chi connectivity index (χ4n) is 6.92. The number of methoxy groups -OCH3 is 1. The minimum absolute atomic E-state index is 0.394. The number of nitrogens with zero attached hydrogens (tertiary/aromatic N) is 5. The van der Waals surface area contributed by atoms with E-state index in [1.165, 1.54) is 18.4 Å². The number of nitrogens with one attached hydrogen (secondary N) is 2. The van der Waals surface area contributed by atoms with Crippen molar-refractivity contribution in [2.45, 2.75) is 49.6 Å². The van der Waals surface area contributed by atoms with E-state index in [-0.39, 0.29) is 0 Å². The van der Waals surface area contributed by atoms with Crippen LogP contribution < -0.4 is 10.1 Å². The summed E-state index contributed by atoms with van der Waals surface area (Å²) in [5.41, 5.74) is 4.91. The van der Waals surface area contributed by atoms with Crippen LogP contribution in [0.5, 0.6) is 5.75 Å². The number of anilines is 1. The molecule has 4 aromatic rings. The van der Waals surface area contributed by atoms with Gasteiger partial charge in [0.1, 0.15) is 23.5 Å². The number of fused-ring (bicyclic) bond motifs is 3. The summed E-state index contributed by atoms with van der Waals surface area (Å²) in [6, 6.07) is 7.30. The van der Waals surface area contributed by atoms with Crippen molar-refractivity contribution < 1.29 is 9.47 Å². The minimum atomic E-state index is -0.456. The Hall–Kier alpha value is -3.82. The zero-order valence-corrected chi connectivity index (χ0v) is 22.8. The van der Waals surface area contributed by atoms with Crippen molar-refractivity contribution in [3.8, 4) is 5.75 Å². The highest BCUT2D eigenvalue weighted by Gasteiger charge is 2.39. The lowest BCUT2D eigenvalue weighted by atomic mass is 9.68. The van der Waals surface area contributed by atoms with Crippen LogP contribution in [-0.4, -0.2) is 75.3 Å². The number of hydrogen-bond acceptors (Lipinski definition) is 8. The molecule has 1 atom stereocenters. The molecule has 0 aromatic carbocycles. The van der Waals surface area contributed by atoms with Crippen LogP contribution in [-0.2, 0) is 16.6 Å². The van der Waals surface area contributed by atoms with Crippen molar-refractivity contribution in [3.05, 3.63) is 77.8 Å². The molecule has 0 bridgehead atoms. The summed E-state index contributed by atoms with van der Waals surface area (Å²) in [5.74, 6) is 1.68. The van der Waals surface area contributed by atoms with Gasteiger partial charge < -0.3 is 19.8 Å². The van der Waals surface area contributed by atoms with Crippen LogP contribution in [0.15, 0.2) is 55.4 Å². The molecule has 9 nitrogen and oxygen atoms in total. The van der Waals surface area contributed by atoms with E-state index in [1.807, 2.05) is 18.6 Å². The minimum Gasteiger partial charge on any atom is -0.495 e. The number of ether oxygens (including phenoxy) is 2. The first-order valence-corrected chi connectivity index (χ1v) is 14.3. The molecule has 5 heterocycles. The van der Waals surface area contributed by atoms with Gasteiger partial charge in [-0.05, 0) is 67.5 Å². The molecule has 206 valence electrons. The largest absolute Gasteiger partial charge is 0.495 e. The summed E-state index contributed by atoms with van der Waals surface area (Å²) < 4.78 is 11.4. The van der Waals surface area contributed by atoms with Gasteiger partial charge in [0.05, 0.1) is 31.9 Å². The molecule has 9 heteroatoms. The summed E-state index contributed by atoms with van der Waals surface area (Å²) in [7, 11) is 1.70. The van der Waals surface area contributed by atoms with E-state index in [0.717, 1.165) is 85.0 Å². The van der Waals surface area contributed by atoms with E-state index in [2.05, 4.69) is 60.5 Å². The first kappa shape index (κ1) is 25.2. The first-order valence-electron chi connectivity index (χ1n) is 14.3. The van der Waals surface area contributed by atoms with Crippen LogP contribution in [0.1, 0.15) is 48.1 Å². The van der Waals surface area contributed by atoms with Crippen molar-refractivity contribution in [3.63, 3.8) is 0 Å². The van der Waals surface area contributed by atoms with Crippen molar-refractivity contribution in [1.29, 1.82) is 0 Å². The van der Waals surface area contributed by atoms with Crippen molar-refractivity contribution >= 4 is 22.9 Å². The van der Waals surface area contributed by atoms with Gasteiger partial charge in [0, 0.05) is 60.4 Å². The van der Waals surface area contributed by atoms with E-state index in [1.54, 1.807) is 19.6 Å². The van der Waals surface area contributed by atoms with Gasteiger partial charge >= 0.3 is 0 Å². The predicted octanol–water partition coefficient (Wildman–Crippen LogP) is 4.37. The summed E-state index contributed by atoms with van der Waals surface area (Å²) in [5, 5.41) is 4.90. The van der Waals surface area contributed by atoms with Gasteiger partial charge in [0.2, 0.25) is 0 Å². The Morgan fingerprint density at radius 2 is 1.82 bits per heavy atom. The lowest BCUT2D eigenvalue weighted by Gasteiger charge is -2.39. The normalized spacial score (nSPS) is 25.0. The molecule has 2 fully saturated rings. The average molecular weight is 538 g/mol. The molecule has 1 unspecified atom stereocenters. The molecule has 3 aliphatic rings. The number of allylic oxidation sites excluding steroid dienone is 1. The highest BCUT2D eigenvalue weighted by atomic mass is 16.5. The molecule has 40 heavy (non-hydrogen) atoms. The Labute approximate surface area is 234 Å². The van der Waals surface area contributed by atoms with Crippen LogP contribution in [0.2, 0.25) is 0 Å². The third-order valence-electron chi connectivity index (χ3n) is 9.00. The number of H-pyrrole nitrogens is 1.